The van der Waals surface area contributed by atoms with E-state index in [2.05, 4.69) is 0 Å². The van der Waals surface area contributed by atoms with E-state index in [-0.39, 0.29) is 0 Å². The highest BCUT2D eigenvalue weighted by molar-refractivity contribution is 7.86. The van der Waals surface area contributed by atoms with E-state index >= 15 is 0 Å². The first-order valence-electron chi connectivity index (χ1n) is 5.47. The van der Waals surface area contributed by atoms with Crippen LogP contribution < -0.4 is 4.48 Å². The smallest absolute Gasteiger partial charge is 0.485 e. The predicted octanol–water partition coefficient (Wildman–Crippen LogP) is 2.95. The molecule has 128 valence electrons. The zero-order valence-corrected chi connectivity index (χ0v) is 12.5. The first-order valence-corrected chi connectivity index (χ1v) is 6.88. The zero-order valence-electron chi connectivity index (χ0n) is 11.7. The number of benzene rings is 1. The molecule has 22 heavy (non-hydrogen) atoms. The molecule has 0 aliphatic heterocycles. The number of rotatable bonds is 1. The summed E-state index contributed by atoms with van der Waals surface area (Å²) in [6.45, 7) is 0. The summed E-state index contributed by atoms with van der Waals surface area (Å²) < 4.78 is 96.0. The standard InChI is InChI=1S/C10H13F3N.CHF3O3S/c1-14(2,3)9-6-4-8(5-7-9)10(11,12)13;2-1(3,4)8(5,6)7/h4-7H,1-3H3;(H,5,6,7)/q+1;/p-1. The molecule has 0 radical (unpaired) electrons. The lowest BCUT2D eigenvalue weighted by Gasteiger charge is -2.23. The molecule has 0 aromatic heterocycles. The van der Waals surface area contributed by atoms with Crippen molar-refractivity contribution >= 4 is 15.8 Å². The van der Waals surface area contributed by atoms with Gasteiger partial charge in [-0.3, -0.25) is 4.48 Å². The molecule has 0 spiro atoms. The Morgan fingerprint density at radius 1 is 0.909 bits per heavy atom. The van der Waals surface area contributed by atoms with Gasteiger partial charge in [0.25, 0.3) is 0 Å². The Morgan fingerprint density at radius 3 is 1.41 bits per heavy atom. The Kier molecular flexibility index (Phi) is 6.04. The van der Waals surface area contributed by atoms with Crippen LogP contribution in [0, 0.1) is 0 Å². The maximum atomic E-state index is 12.2. The van der Waals surface area contributed by atoms with Gasteiger partial charge in [-0.2, -0.15) is 26.3 Å². The van der Waals surface area contributed by atoms with Crippen LogP contribution in [0.4, 0.5) is 32.0 Å². The van der Waals surface area contributed by atoms with E-state index in [1.807, 2.05) is 21.1 Å². The van der Waals surface area contributed by atoms with Gasteiger partial charge in [0.2, 0.25) is 0 Å². The Bertz CT molecular complexity index is 551. The number of nitrogens with zero attached hydrogens (tertiary/aromatic N) is 1. The summed E-state index contributed by atoms with van der Waals surface area (Å²) in [6.07, 6.45) is -4.25. The molecule has 0 saturated carbocycles. The maximum absolute atomic E-state index is 12.2. The van der Waals surface area contributed by atoms with Crippen molar-refractivity contribution in [2.45, 2.75) is 11.7 Å². The van der Waals surface area contributed by atoms with Gasteiger partial charge in [0.1, 0.15) is 5.69 Å². The summed E-state index contributed by atoms with van der Waals surface area (Å²) in [7, 11) is -0.374. The molecule has 0 saturated heterocycles. The Balaban J connectivity index is 0.000000472. The highest BCUT2D eigenvalue weighted by Crippen LogP contribution is 2.30. The molecule has 0 bridgehead atoms. The third-order valence-electron chi connectivity index (χ3n) is 2.25. The van der Waals surface area contributed by atoms with E-state index in [4.69, 9.17) is 13.0 Å². The lowest BCUT2D eigenvalue weighted by atomic mass is 10.2. The van der Waals surface area contributed by atoms with Gasteiger partial charge in [0.15, 0.2) is 10.1 Å². The fraction of sp³-hybridized carbons (Fsp3) is 0.455. The highest BCUT2D eigenvalue weighted by atomic mass is 32.2. The van der Waals surface area contributed by atoms with Gasteiger partial charge in [0.05, 0.1) is 26.7 Å². The van der Waals surface area contributed by atoms with Crippen molar-refractivity contribution in [3.05, 3.63) is 29.8 Å². The van der Waals surface area contributed by atoms with Crippen LogP contribution in [0.3, 0.4) is 0 Å². The van der Waals surface area contributed by atoms with E-state index in [0.717, 1.165) is 17.8 Å². The summed E-state index contributed by atoms with van der Waals surface area (Å²) in [5.41, 5.74) is -5.40. The minimum Gasteiger partial charge on any atom is -0.741 e. The van der Waals surface area contributed by atoms with E-state index in [1.54, 1.807) is 0 Å². The van der Waals surface area contributed by atoms with Crippen LogP contribution in [-0.4, -0.2) is 39.6 Å². The van der Waals surface area contributed by atoms with Crippen molar-refractivity contribution in [2.75, 3.05) is 21.1 Å². The maximum Gasteiger partial charge on any atom is 0.485 e. The molecule has 0 aliphatic rings. The monoisotopic (exact) mass is 353 g/mol. The van der Waals surface area contributed by atoms with Gasteiger partial charge >= 0.3 is 11.7 Å². The van der Waals surface area contributed by atoms with Gasteiger partial charge in [-0.1, -0.05) is 0 Å². The van der Waals surface area contributed by atoms with Crippen LogP contribution in [0.15, 0.2) is 24.3 Å². The summed E-state index contributed by atoms with van der Waals surface area (Å²) in [5, 5.41) is 0. The number of hydrogen-bond acceptors (Lipinski definition) is 3. The Morgan fingerprint density at radius 2 is 1.23 bits per heavy atom. The number of halogens is 6. The van der Waals surface area contributed by atoms with Crippen LogP contribution in [0.1, 0.15) is 5.56 Å². The second kappa shape index (κ2) is 6.42. The van der Waals surface area contributed by atoms with Gasteiger partial charge in [-0.05, 0) is 24.3 Å². The van der Waals surface area contributed by atoms with Gasteiger partial charge < -0.3 is 4.55 Å². The van der Waals surface area contributed by atoms with Crippen molar-refractivity contribution in [1.29, 1.82) is 0 Å². The van der Waals surface area contributed by atoms with E-state index in [0.29, 0.717) is 4.48 Å². The lowest BCUT2D eigenvalue weighted by Crippen LogP contribution is -2.34. The molecule has 0 aliphatic carbocycles. The lowest BCUT2D eigenvalue weighted by molar-refractivity contribution is -0.137. The zero-order chi connectivity index (χ0) is 18.0. The molecule has 1 aromatic rings. The largest absolute Gasteiger partial charge is 0.741 e. The average molecular weight is 353 g/mol. The fourth-order valence-electron chi connectivity index (χ4n) is 1.10. The van der Waals surface area contributed by atoms with Crippen molar-refractivity contribution in [1.82, 2.24) is 4.48 Å². The van der Waals surface area contributed by atoms with E-state index < -0.39 is 27.4 Å². The number of alkyl halides is 6. The van der Waals surface area contributed by atoms with Crippen LogP contribution in [0.5, 0.6) is 0 Å². The minimum atomic E-state index is -6.09. The third-order valence-corrected chi connectivity index (χ3v) is 2.82. The summed E-state index contributed by atoms with van der Waals surface area (Å²) in [5.74, 6) is 0. The van der Waals surface area contributed by atoms with Gasteiger partial charge in [0, 0.05) is 0 Å². The summed E-state index contributed by atoms with van der Waals surface area (Å²) in [4.78, 5) is 0. The molecule has 0 fully saturated rings. The van der Waals surface area contributed by atoms with Gasteiger partial charge in [-0.25, -0.2) is 8.42 Å². The SMILES string of the molecule is C[N+](C)(C)c1ccc(C(F)(F)F)cc1.O=S(=O)([O-])C(F)(F)F. The molecule has 4 nitrogen and oxygen atoms in total. The molecular formula is C11H13F6NO3S. The van der Waals surface area contributed by atoms with Crippen molar-refractivity contribution < 1.29 is 39.3 Å². The topological polar surface area (TPSA) is 57.2 Å². The molecule has 0 N–H and O–H groups in total. The predicted molar refractivity (Wildman–Crippen MR) is 66.8 cm³/mol. The Labute approximate surface area is 123 Å². The first-order chi connectivity index (χ1) is 9.46. The van der Waals surface area contributed by atoms with Crippen molar-refractivity contribution in [2.24, 2.45) is 0 Å². The molecule has 1 aromatic carbocycles. The number of hydrogen-bond donors (Lipinski definition) is 0. The molecule has 11 heteroatoms. The first kappa shape index (κ1) is 20.7. The quantitative estimate of drug-likeness (QED) is 0.338. The highest BCUT2D eigenvalue weighted by Gasteiger charge is 2.37. The summed E-state index contributed by atoms with van der Waals surface area (Å²) >= 11 is 0. The van der Waals surface area contributed by atoms with Gasteiger partial charge in [-0.15, -0.1) is 0 Å². The molecule has 0 amide bonds. The van der Waals surface area contributed by atoms with Crippen molar-refractivity contribution in [3.63, 3.8) is 0 Å². The second-order valence-corrected chi connectivity index (χ2v) is 6.33. The van der Waals surface area contributed by atoms with Crippen LogP contribution in [-0.2, 0) is 16.3 Å². The molecule has 0 unspecified atom stereocenters. The van der Waals surface area contributed by atoms with Crippen LogP contribution in [0.2, 0.25) is 0 Å². The minimum absolute atomic E-state index is 0.512. The summed E-state index contributed by atoms with van der Waals surface area (Å²) in [6, 6.07) is 5.23. The van der Waals surface area contributed by atoms with E-state index in [1.165, 1.54) is 12.1 Å². The van der Waals surface area contributed by atoms with E-state index in [9.17, 15) is 26.3 Å². The van der Waals surface area contributed by atoms with Crippen LogP contribution in [0.25, 0.3) is 0 Å². The van der Waals surface area contributed by atoms with Crippen LogP contribution >= 0.6 is 0 Å². The molecular weight excluding hydrogens is 340 g/mol. The molecule has 0 atom stereocenters. The Hall–Kier alpha value is -1.33. The average Bonchev–Trinajstić information content (AvgIpc) is 2.25. The van der Waals surface area contributed by atoms with Crippen molar-refractivity contribution in [3.8, 4) is 0 Å². The third kappa shape index (κ3) is 6.62. The normalized spacial score (nSPS) is 13.4. The fourth-order valence-corrected chi connectivity index (χ4v) is 1.10. The molecule has 0 heterocycles. The molecule has 1 rings (SSSR count). The second-order valence-electron chi connectivity index (χ2n) is 4.96. The number of quaternary nitrogens is 1.